The van der Waals surface area contributed by atoms with Gasteiger partial charge in [-0.15, -0.1) is 11.6 Å². The summed E-state index contributed by atoms with van der Waals surface area (Å²) in [4.78, 5) is 0.306. The summed E-state index contributed by atoms with van der Waals surface area (Å²) in [6.45, 7) is 7.86. The van der Waals surface area contributed by atoms with Crippen molar-refractivity contribution < 1.29 is 8.42 Å². The molecule has 0 N–H and O–H groups in total. The first-order valence-electron chi connectivity index (χ1n) is 6.35. The number of aromatic nitrogens is 2. The Labute approximate surface area is 120 Å². The van der Waals surface area contributed by atoms with Crippen molar-refractivity contribution in [1.29, 1.82) is 0 Å². The molecule has 0 aliphatic carbocycles. The van der Waals surface area contributed by atoms with Gasteiger partial charge in [0.25, 0.3) is 0 Å². The van der Waals surface area contributed by atoms with Crippen molar-refractivity contribution in [3.8, 4) is 0 Å². The fraction of sp³-hybridized carbons (Fsp3) is 0.750. The Kier molecular flexibility index (Phi) is 5.41. The van der Waals surface area contributed by atoms with Gasteiger partial charge >= 0.3 is 0 Å². The van der Waals surface area contributed by atoms with E-state index in [0.29, 0.717) is 28.7 Å². The molecule has 19 heavy (non-hydrogen) atoms. The average Bonchev–Trinajstić information content (AvgIpc) is 2.63. The summed E-state index contributed by atoms with van der Waals surface area (Å²) in [5.41, 5.74) is 1.17. The van der Waals surface area contributed by atoms with Crippen LogP contribution in [0.5, 0.6) is 0 Å². The van der Waals surface area contributed by atoms with E-state index in [-0.39, 0.29) is 6.04 Å². The third-order valence-corrected chi connectivity index (χ3v) is 5.85. The topological polar surface area (TPSA) is 55.2 Å². The van der Waals surface area contributed by atoms with Gasteiger partial charge in [0.05, 0.1) is 17.9 Å². The van der Waals surface area contributed by atoms with Crippen LogP contribution in [-0.4, -0.2) is 41.5 Å². The lowest BCUT2D eigenvalue weighted by molar-refractivity contribution is 0.380. The molecule has 7 heteroatoms. The molecule has 110 valence electrons. The maximum Gasteiger partial charge on any atom is 0.246 e. The number of rotatable bonds is 6. The van der Waals surface area contributed by atoms with Gasteiger partial charge in [-0.1, -0.05) is 6.92 Å². The van der Waals surface area contributed by atoms with E-state index in [1.165, 1.54) is 4.31 Å². The van der Waals surface area contributed by atoms with Gasteiger partial charge in [-0.3, -0.25) is 4.68 Å². The number of hydrogen-bond acceptors (Lipinski definition) is 3. The zero-order chi connectivity index (χ0) is 14.8. The predicted octanol–water partition coefficient (Wildman–Crippen LogP) is 2.16. The summed E-state index contributed by atoms with van der Waals surface area (Å²) < 4.78 is 28.3. The highest BCUT2D eigenvalue weighted by Gasteiger charge is 2.30. The van der Waals surface area contributed by atoms with Crippen molar-refractivity contribution in [2.45, 2.75) is 51.6 Å². The monoisotopic (exact) mass is 307 g/mol. The van der Waals surface area contributed by atoms with Crippen molar-refractivity contribution in [1.82, 2.24) is 14.1 Å². The van der Waals surface area contributed by atoms with Gasteiger partial charge in [0, 0.05) is 19.0 Å². The Morgan fingerprint density at radius 2 is 2.00 bits per heavy atom. The first-order chi connectivity index (χ1) is 8.77. The second kappa shape index (κ2) is 6.24. The van der Waals surface area contributed by atoms with Gasteiger partial charge in [0.1, 0.15) is 4.90 Å². The second-order valence-electron chi connectivity index (χ2n) is 4.69. The van der Waals surface area contributed by atoms with E-state index in [9.17, 15) is 8.42 Å². The maximum atomic E-state index is 12.6. The molecule has 0 fully saturated rings. The summed E-state index contributed by atoms with van der Waals surface area (Å²) in [6, 6.07) is -0.0415. The van der Waals surface area contributed by atoms with Crippen LogP contribution < -0.4 is 0 Å². The fourth-order valence-electron chi connectivity index (χ4n) is 1.99. The predicted molar refractivity (Wildman–Crippen MR) is 77.1 cm³/mol. The molecule has 5 nitrogen and oxygen atoms in total. The number of sulfonamides is 1. The third kappa shape index (κ3) is 3.12. The molecule has 0 radical (unpaired) electrons. The van der Waals surface area contributed by atoms with E-state index >= 15 is 0 Å². The number of halogens is 1. The Morgan fingerprint density at radius 3 is 2.47 bits per heavy atom. The molecule has 0 aliphatic heterocycles. The number of aryl methyl sites for hydroxylation is 2. The number of alkyl halides is 1. The van der Waals surface area contributed by atoms with Crippen molar-refractivity contribution >= 4 is 21.6 Å². The smallest absolute Gasteiger partial charge is 0.246 e. The largest absolute Gasteiger partial charge is 0.267 e. The van der Waals surface area contributed by atoms with Crippen molar-refractivity contribution in [3.63, 3.8) is 0 Å². The Hall–Kier alpha value is -0.590. The molecule has 1 atom stereocenters. The van der Waals surface area contributed by atoms with Crippen LogP contribution in [0.1, 0.15) is 31.7 Å². The van der Waals surface area contributed by atoms with Crippen LogP contribution in [0, 0.1) is 13.8 Å². The molecule has 1 unspecified atom stereocenters. The summed E-state index contributed by atoms with van der Waals surface area (Å²) in [6.07, 6.45) is 0.768. The van der Waals surface area contributed by atoms with Gasteiger partial charge < -0.3 is 0 Å². The molecule has 1 rings (SSSR count). The minimum absolute atomic E-state index is 0.0415. The van der Waals surface area contributed by atoms with Crippen LogP contribution >= 0.6 is 11.6 Å². The van der Waals surface area contributed by atoms with Gasteiger partial charge in [-0.25, -0.2) is 8.42 Å². The zero-order valence-electron chi connectivity index (χ0n) is 12.1. The average molecular weight is 308 g/mol. The highest BCUT2D eigenvalue weighted by atomic mass is 35.5. The van der Waals surface area contributed by atoms with Crippen molar-refractivity contribution in [2.75, 3.05) is 12.9 Å². The van der Waals surface area contributed by atoms with Crippen LogP contribution in [0.4, 0.5) is 0 Å². The summed E-state index contributed by atoms with van der Waals surface area (Å²) >= 11 is 5.70. The maximum absolute atomic E-state index is 12.6. The lowest BCUT2D eigenvalue weighted by atomic mass is 10.3. The third-order valence-electron chi connectivity index (χ3n) is 3.46. The van der Waals surface area contributed by atoms with Crippen LogP contribution in [0.2, 0.25) is 0 Å². The quantitative estimate of drug-likeness (QED) is 0.757. The van der Waals surface area contributed by atoms with E-state index in [4.69, 9.17) is 11.6 Å². The summed E-state index contributed by atoms with van der Waals surface area (Å²) in [7, 11) is -1.89. The van der Waals surface area contributed by atoms with Gasteiger partial charge in [0.15, 0.2) is 0 Å². The molecule has 1 aromatic rings. The minimum Gasteiger partial charge on any atom is -0.267 e. The lowest BCUT2D eigenvalue weighted by Crippen LogP contribution is -2.35. The zero-order valence-corrected chi connectivity index (χ0v) is 13.7. The number of nitrogens with zero attached hydrogens (tertiary/aromatic N) is 3. The van der Waals surface area contributed by atoms with E-state index in [1.54, 1.807) is 25.6 Å². The molecule has 0 aromatic carbocycles. The number of hydrogen-bond donors (Lipinski definition) is 0. The molecule has 0 amide bonds. The van der Waals surface area contributed by atoms with Crippen molar-refractivity contribution in [3.05, 3.63) is 11.4 Å². The first-order valence-corrected chi connectivity index (χ1v) is 8.32. The lowest BCUT2D eigenvalue weighted by Gasteiger charge is -2.23. The van der Waals surface area contributed by atoms with Gasteiger partial charge in [0.2, 0.25) is 10.0 Å². The summed E-state index contributed by atoms with van der Waals surface area (Å²) in [5.74, 6) is 0.405. The SMILES string of the molecule is CCC(C)N(C)S(=O)(=O)c1c(C)nn(CCCl)c1C. The normalized spacial score (nSPS) is 14.1. The fourth-order valence-corrected chi connectivity index (χ4v) is 3.95. The molecule has 0 aliphatic rings. The standard InChI is InChI=1S/C12H22ClN3O2S/c1-6-9(2)15(5)19(17,18)12-10(3)14-16(8-7-13)11(12)4/h9H,6-8H2,1-5H3. The van der Waals surface area contributed by atoms with E-state index in [1.807, 2.05) is 13.8 Å². The molecule has 1 heterocycles. The first kappa shape index (κ1) is 16.5. The molecule has 0 saturated heterocycles. The van der Waals surface area contributed by atoms with Crippen LogP contribution in [-0.2, 0) is 16.6 Å². The molecule has 0 saturated carbocycles. The van der Waals surface area contributed by atoms with Crippen LogP contribution in [0.3, 0.4) is 0 Å². The summed E-state index contributed by atoms with van der Waals surface area (Å²) in [5, 5.41) is 4.26. The molecular weight excluding hydrogens is 286 g/mol. The van der Waals surface area contributed by atoms with E-state index in [0.717, 1.165) is 6.42 Å². The second-order valence-corrected chi connectivity index (χ2v) is 7.00. The molecular formula is C12H22ClN3O2S. The van der Waals surface area contributed by atoms with Crippen LogP contribution in [0.25, 0.3) is 0 Å². The molecule has 0 bridgehead atoms. The van der Waals surface area contributed by atoms with E-state index in [2.05, 4.69) is 5.10 Å². The van der Waals surface area contributed by atoms with Crippen molar-refractivity contribution in [2.24, 2.45) is 0 Å². The van der Waals surface area contributed by atoms with Gasteiger partial charge in [-0.05, 0) is 27.2 Å². The van der Waals surface area contributed by atoms with Crippen LogP contribution in [0.15, 0.2) is 4.90 Å². The molecule has 1 aromatic heterocycles. The Balaban J connectivity index is 3.29. The van der Waals surface area contributed by atoms with Gasteiger partial charge in [-0.2, -0.15) is 9.40 Å². The Morgan fingerprint density at radius 1 is 1.42 bits per heavy atom. The highest BCUT2D eigenvalue weighted by Crippen LogP contribution is 2.24. The minimum atomic E-state index is -3.50. The molecule has 0 spiro atoms. The van der Waals surface area contributed by atoms with E-state index < -0.39 is 10.0 Å². The Bertz CT molecular complexity index is 539. The highest BCUT2D eigenvalue weighted by molar-refractivity contribution is 7.89.